The van der Waals surface area contributed by atoms with E-state index in [0.29, 0.717) is 0 Å². The van der Waals surface area contributed by atoms with Crippen molar-refractivity contribution >= 4 is 88.1 Å². The van der Waals surface area contributed by atoms with Crippen molar-refractivity contribution in [2.45, 2.75) is 0 Å². The van der Waals surface area contributed by atoms with Gasteiger partial charge in [-0.2, -0.15) is 0 Å². The van der Waals surface area contributed by atoms with Gasteiger partial charge in [-0.15, -0.1) is 57.6 Å². The maximum atomic E-state index is 4.36. The molecule has 12 nitrogen and oxygen atoms in total. The minimum atomic E-state index is 0.874. The molecule has 4 aromatic heterocycles. The second-order valence-electron chi connectivity index (χ2n) is 8.06. The standard InChI is InChI=1S/2C12H8N6S2/c2*1-2-6-10-9(5-1)13-17(14-10)19-20-18-15-11-7-3-4-8-12(11)16-18/h2*1-8H. The van der Waals surface area contributed by atoms with Gasteiger partial charge in [0.15, 0.2) is 0 Å². The van der Waals surface area contributed by atoms with E-state index in [-0.39, 0.29) is 0 Å². The fourth-order valence-electron chi connectivity index (χ4n) is 3.61. The number of hydrogen-bond donors (Lipinski definition) is 0. The fraction of sp³-hybridized carbons (Fsp3) is 0. The van der Waals surface area contributed by atoms with Crippen LogP contribution in [0.1, 0.15) is 0 Å². The summed E-state index contributed by atoms with van der Waals surface area (Å²) in [5, 5.41) is 34.9. The molecule has 16 heteroatoms. The lowest BCUT2D eigenvalue weighted by Crippen LogP contribution is -1.93. The molecule has 4 heterocycles. The van der Waals surface area contributed by atoms with Crippen molar-refractivity contribution in [1.29, 1.82) is 0 Å². The second-order valence-corrected chi connectivity index (χ2v) is 11.8. The minimum Gasteiger partial charge on any atom is -0.141 e. The Bertz CT molecular complexity index is 1640. The molecule has 0 spiro atoms. The molecule has 0 aliphatic rings. The van der Waals surface area contributed by atoms with Gasteiger partial charge in [0.2, 0.25) is 0 Å². The maximum Gasteiger partial charge on any atom is 0.114 e. The van der Waals surface area contributed by atoms with E-state index in [9.17, 15) is 0 Å². The summed E-state index contributed by atoms with van der Waals surface area (Å²) in [7, 11) is 5.45. The molecule has 196 valence electrons. The van der Waals surface area contributed by atoms with Gasteiger partial charge in [-0.05, 0) is 48.5 Å². The third-order valence-electron chi connectivity index (χ3n) is 5.41. The van der Waals surface area contributed by atoms with E-state index in [0.717, 1.165) is 44.1 Å². The van der Waals surface area contributed by atoms with Gasteiger partial charge in [-0.1, -0.05) is 48.5 Å². The Kier molecular flexibility index (Phi) is 6.95. The van der Waals surface area contributed by atoms with Gasteiger partial charge in [0.25, 0.3) is 0 Å². The first-order valence-corrected chi connectivity index (χ1v) is 15.9. The van der Waals surface area contributed by atoms with E-state index < -0.39 is 0 Å². The van der Waals surface area contributed by atoms with Gasteiger partial charge >= 0.3 is 0 Å². The molecule has 0 aliphatic heterocycles. The molecule has 4 aromatic carbocycles. The van der Waals surface area contributed by atoms with Crippen LogP contribution in [0.4, 0.5) is 0 Å². The Labute approximate surface area is 241 Å². The Morgan fingerprint density at radius 3 is 0.575 bits per heavy atom. The number of fused-ring (bicyclic) bond motifs is 4. The average Bonchev–Trinajstić information content (AvgIpc) is 3.78. The summed E-state index contributed by atoms with van der Waals surface area (Å²) in [6.45, 7) is 0. The molecule has 8 aromatic rings. The van der Waals surface area contributed by atoms with Crippen LogP contribution in [0.5, 0.6) is 0 Å². The summed E-state index contributed by atoms with van der Waals surface area (Å²) in [4.78, 5) is 0. The van der Waals surface area contributed by atoms with Crippen molar-refractivity contribution in [3.8, 4) is 0 Å². The summed E-state index contributed by atoms with van der Waals surface area (Å²) >= 11 is 0. The molecule has 0 N–H and O–H groups in total. The van der Waals surface area contributed by atoms with Gasteiger partial charge in [0.05, 0.1) is 43.9 Å². The summed E-state index contributed by atoms with van der Waals surface area (Å²) in [6, 6.07) is 31.0. The average molecular weight is 601 g/mol. The molecule has 0 unspecified atom stereocenters. The highest BCUT2D eigenvalue weighted by Crippen LogP contribution is 2.26. The molecule has 0 atom stereocenters. The van der Waals surface area contributed by atoms with Crippen LogP contribution in [-0.4, -0.2) is 57.6 Å². The van der Waals surface area contributed by atoms with Gasteiger partial charge in [-0.3, -0.25) is 0 Å². The third kappa shape index (κ3) is 5.46. The van der Waals surface area contributed by atoms with Crippen molar-refractivity contribution < 1.29 is 0 Å². The van der Waals surface area contributed by atoms with Crippen LogP contribution in [0.3, 0.4) is 0 Å². The monoisotopic (exact) mass is 600 g/mol. The Balaban J connectivity index is 0.000000132. The number of aromatic nitrogens is 12. The first-order chi connectivity index (χ1) is 19.8. The minimum absolute atomic E-state index is 0.874. The predicted octanol–water partition coefficient (Wildman–Crippen LogP) is 5.57. The number of nitrogens with zero attached hydrogens (tertiary/aromatic N) is 12. The van der Waals surface area contributed by atoms with Gasteiger partial charge in [0, 0.05) is 0 Å². The lowest BCUT2D eigenvalue weighted by Gasteiger charge is -1.94. The van der Waals surface area contributed by atoms with Crippen LogP contribution < -0.4 is 0 Å². The zero-order valence-electron chi connectivity index (χ0n) is 20.2. The van der Waals surface area contributed by atoms with Crippen molar-refractivity contribution in [3.63, 3.8) is 0 Å². The summed E-state index contributed by atoms with van der Waals surface area (Å²) in [5.41, 5.74) is 6.99. The lowest BCUT2D eigenvalue weighted by molar-refractivity contribution is 0.877. The van der Waals surface area contributed by atoms with Crippen molar-refractivity contribution in [3.05, 3.63) is 97.1 Å². The van der Waals surface area contributed by atoms with E-state index in [1.807, 2.05) is 97.1 Å². The van der Waals surface area contributed by atoms with Crippen LogP contribution >= 0.6 is 43.9 Å². The topological polar surface area (TPSA) is 123 Å². The van der Waals surface area contributed by atoms with Crippen molar-refractivity contribution in [2.75, 3.05) is 0 Å². The molecule has 40 heavy (non-hydrogen) atoms. The van der Waals surface area contributed by atoms with E-state index in [1.165, 1.54) is 43.9 Å². The molecule has 0 saturated heterocycles. The van der Waals surface area contributed by atoms with Gasteiger partial charge in [0.1, 0.15) is 44.1 Å². The highest BCUT2D eigenvalue weighted by atomic mass is 33.1. The smallest absolute Gasteiger partial charge is 0.114 e. The van der Waals surface area contributed by atoms with Crippen LogP contribution in [0, 0.1) is 0 Å². The normalized spacial score (nSPS) is 11.4. The maximum absolute atomic E-state index is 4.36. The molecular weight excluding hydrogens is 585 g/mol. The zero-order chi connectivity index (χ0) is 26.7. The molecular formula is C24H16N12S4. The largest absolute Gasteiger partial charge is 0.141 e. The Morgan fingerprint density at radius 2 is 0.425 bits per heavy atom. The number of benzene rings is 4. The van der Waals surface area contributed by atoms with Crippen LogP contribution in [0.25, 0.3) is 44.1 Å². The molecule has 0 bridgehead atoms. The van der Waals surface area contributed by atoms with E-state index in [1.54, 1.807) is 16.8 Å². The third-order valence-corrected chi connectivity index (χ3v) is 8.73. The molecule has 0 saturated carbocycles. The van der Waals surface area contributed by atoms with Crippen molar-refractivity contribution in [2.24, 2.45) is 0 Å². The SMILES string of the molecule is c1ccc2nn(SSn3nc4ccccc4n3)nc2c1.c1ccc2nn(SSn3nc4ccccc4n3)nc2c1. The zero-order valence-corrected chi connectivity index (χ0v) is 23.5. The highest BCUT2D eigenvalue weighted by Gasteiger charge is 2.07. The second kappa shape index (κ2) is 11.2. The molecule has 0 amide bonds. The van der Waals surface area contributed by atoms with E-state index in [2.05, 4.69) is 40.8 Å². The summed E-state index contributed by atoms with van der Waals surface area (Å²) in [6.07, 6.45) is 0. The number of rotatable bonds is 6. The summed E-state index contributed by atoms with van der Waals surface area (Å²) in [5.74, 6) is 0. The quantitative estimate of drug-likeness (QED) is 0.222. The first-order valence-electron chi connectivity index (χ1n) is 11.8. The Morgan fingerprint density at radius 1 is 0.275 bits per heavy atom. The molecule has 0 aliphatic carbocycles. The van der Waals surface area contributed by atoms with Crippen LogP contribution in [0.15, 0.2) is 97.1 Å². The van der Waals surface area contributed by atoms with Crippen LogP contribution in [0.2, 0.25) is 0 Å². The van der Waals surface area contributed by atoms with Gasteiger partial charge < -0.3 is 0 Å². The van der Waals surface area contributed by atoms with E-state index >= 15 is 0 Å². The fourth-order valence-corrected chi connectivity index (χ4v) is 6.34. The van der Waals surface area contributed by atoms with Gasteiger partial charge in [-0.25, -0.2) is 0 Å². The number of hydrogen-bond acceptors (Lipinski definition) is 12. The summed E-state index contributed by atoms with van der Waals surface area (Å²) < 4.78 is 6.29. The highest BCUT2D eigenvalue weighted by molar-refractivity contribution is 8.75. The molecule has 0 radical (unpaired) electrons. The first kappa shape index (κ1) is 24.9. The predicted molar refractivity (Wildman–Crippen MR) is 162 cm³/mol. The molecule has 8 rings (SSSR count). The van der Waals surface area contributed by atoms with E-state index in [4.69, 9.17) is 0 Å². The Hall–Kier alpha value is -4.12. The van der Waals surface area contributed by atoms with Crippen molar-refractivity contribution in [1.82, 2.24) is 57.6 Å². The molecule has 0 fully saturated rings. The van der Waals surface area contributed by atoms with Crippen LogP contribution in [-0.2, 0) is 0 Å². The lowest BCUT2D eigenvalue weighted by atomic mass is 10.3.